The summed E-state index contributed by atoms with van der Waals surface area (Å²) in [7, 11) is 1.55. The van der Waals surface area contributed by atoms with E-state index in [9.17, 15) is 9.59 Å². The highest BCUT2D eigenvalue weighted by molar-refractivity contribution is 5.87. The zero-order valence-corrected chi connectivity index (χ0v) is 11.9. The van der Waals surface area contributed by atoms with Gasteiger partial charge in [0.2, 0.25) is 12.3 Å². The second-order valence-corrected chi connectivity index (χ2v) is 4.88. The molecule has 1 saturated heterocycles. The van der Waals surface area contributed by atoms with Crippen molar-refractivity contribution >= 4 is 18.2 Å². The highest BCUT2D eigenvalue weighted by Crippen LogP contribution is 2.24. The van der Waals surface area contributed by atoms with Gasteiger partial charge in [-0.05, 0) is 12.8 Å². The van der Waals surface area contributed by atoms with Crippen molar-refractivity contribution in [1.82, 2.24) is 10.2 Å². The third-order valence-corrected chi connectivity index (χ3v) is 3.64. The number of amides is 2. The van der Waals surface area contributed by atoms with E-state index in [1.54, 1.807) is 18.9 Å². The Morgan fingerprint density at radius 3 is 2.90 bits per heavy atom. The highest BCUT2D eigenvalue weighted by atomic mass is 16.5. The zero-order chi connectivity index (χ0) is 15.1. The number of amidine groups is 1. The van der Waals surface area contributed by atoms with Crippen LogP contribution in [0.1, 0.15) is 19.8 Å². The number of nitrogens with one attached hydrogen (secondary N) is 1. The predicted octanol–water partition coefficient (Wildman–Crippen LogP) is -1.39. The molecule has 3 atom stereocenters. The molecule has 5 N–H and O–H groups in total. The van der Waals surface area contributed by atoms with Gasteiger partial charge in [-0.1, -0.05) is 6.92 Å². The van der Waals surface area contributed by atoms with Crippen LogP contribution in [0.15, 0.2) is 5.10 Å². The van der Waals surface area contributed by atoms with Gasteiger partial charge in [0.15, 0.2) is 0 Å². The van der Waals surface area contributed by atoms with Crippen LogP contribution < -0.4 is 16.9 Å². The van der Waals surface area contributed by atoms with Crippen molar-refractivity contribution in [2.45, 2.75) is 31.9 Å². The van der Waals surface area contributed by atoms with Gasteiger partial charge in [0.05, 0.1) is 24.6 Å². The second-order valence-electron chi connectivity index (χ2n) is 4.88. The van der Waals surface area contributed by atoms with Crippen LogP contribution in [0.2, 0.25) is 0 Å². The first kappa shape index (κ1) is 16.2. The maximum Gasteiger partial charge on any atom is 0.225 e. The topological polar surface area (TPSA) is 123 Å². The summed E-state index contributed by atoms with van der Waals surface area (Å²) < 4.78 is 5.43. The monoisotopic (exact) mass is 285 g/mol. The van der Waals surface area contributed by atoms with E-state index in [0.717, 1.165) is 19.3 Å². The average Bonchev–Trinajstić information content (AvgIpc) is 2.93. The van der Waals surface area contributed by atoms with Crippen LogP contribution in [0.25, 0.3) is 0 Å². The molecule has 0 spiro atoms. The molecule has 1 fully saturated rings. The minimum atomic E-state index is -0.406. The highest BCUT2D eigenvalue weighted by Gasteiger charge is 2.37. The number of ether oxygens (including phenoxy) is 1. The minimum absolute atomic E-state index is 0.0706. The summed E-state index contributed by atoms with van der Waals surface area (Å²) in [6.07, 6.45) is 2.22. The number of carbonyl (C=O) groups is 2. The van der Waals surface area contributed by atoms with Gasteiger partial charge < -0.3 is 26.5 Å². The van der Waals surface area contributed by atoms with E-state index < -0.39 is 5.92 Å². The van der Waals surface area contributed by atoms with Crippen molar-refractivity contribution in [3.63, 3.8) is 0 Å². The first-order chi connectivity index (χ1) is 9.54. The Labute approximate surface area is 118 Å². The summed E-state index contributed by atoms with van der Waals surface area (Å²) in [6.45, 7) is 2.56. The van der Waals surface area contributed by atoms with E-state index in [-0.39, 0.29) is 30.4 Å². The van der Waals surface area contributed by atoms with E-state index >= 15 is 0 Å². The molecule has 1 heterocycles. The SMILES string of the molecule is COC(C(C)C(=O)NC/C(N)=N/N)C1CCCN1C=O. The molecule has 0 radical (unpaired) electrons. The van der Waals surface area contributed by atoms with E-state index in [4.69, 9.17) is 16.3 Å². The Kier molecular flexibility index (Phi) is 6.23. The Morgan fingerprint density at radius 1 is 1.65 bits per heavy atom. The number of nitrogens with two attached hydrogens (primary N) is 2. The molecular weight excluding hydrogens is 262 g/mol. The lowest BCUT2D eigenvalue weighted by atomic mass is 9.95. The minimum Gasteiger partial charge on any atom is -0.384 e. The normalized spacial score (nSPS) is 22.4. The molecule has 1 aliphatic rings. The number of hydrazone groups is 1. The molecule has 3 unspecified atom stereocenters. The van der Waals surface area contributed by atoms with Crippen molar-refractivity contribution in [1.29, 1.82) is 0 Å². The van der Waals surface area contributed by atoms with Crippen LogP contribution in [-0.4, -0.2) is 55.4 Å². The molecule has 1 rings (SSSR count). The molecule has 1 aliphatic heterocycles. The molecule has 8 heteroatoms. The van der Waals surface area contributed by atoms with Gasteiger partial charge in [0.25, 0.3) is 0 Å². The first-order valence-electron chi connectivity index (χ1n) is 6.58. The van der Waals surface area contributed by atoms with Crippen LogP contribution in [0.5, 0.6) is 0 Å². The number of likely N-dealkylation sites (tertiary alicyclic amines) is 1. The number of methoxy groups -OCH3 is 1. The van der Waals surface area contributed by atoms with Crippen LogP contribution in [-0.2, 0) is 14.3 Å². The molecular formula is C12H23N5O3. The Morgan fingerprint density at radius 2 is 2.35 bits per heavy atom. The van der Waals surface area contributed by atoms with E-state index in [1.807, 2.05) is 0 Å². The lowest BCUT2D eigenvalue weighted by Crippen LogP contribution is -2.48. The number of nitrogens with zero attached hydrogens (tertiary/aromatic N) is 2. The molecule has 0 aliphatic carbocycles. The summed E-state index contributed by atoms with van der Waals surface area (Å²) in [4.78, 5) is 24.8. The third kappa shape index (κ3) is 3.83. The van der Waals surface area contributed by atoms with Gasteiger partial charge in [-0.25, -0.2) is 0 Å². The van der Waals surface area contributed by atoms with Crippen LogP contribution in [0, 0.1) is 5.92 Å². The van der Waals surface area contributed by atoms with Gasteiger partial charge in [-0.3, -0.25) is 9.59 Å². The van der Waals surface area contributed by atoms with Crippen LogP contribution in [0.4, 0.5) is 0 Å². The molecule has 20 heavy (non-hydrogen) atoms. The Balaban J connectivity index is 2.64. The number of rotatable bonds is 7. The summed E-state index contributed by atoms with van der Waals surface area (Å²) >= 11 is 0. The smallest absolute Gasteiger partial charge is 0.225 e. The standard InChI is InChI=1S/C12H23N5O3/c1-8(12(19)15-6-10(13)16-14)11(20-2)9-4-3-5-17(9)7-18/h7-9,11H,3-6,14H2,1-2H3,(H2,13,16)(H,15,19). The second kappa shape index (κ2) is 7.68. The molecule has 8 nitrogen and oxygen atoms in total. The van der Waals surface area contributed by atoms with Gasteiger partial charge in [0.1, 0.15) is 5.84 Å². The van der Waals surface area contributed by atoms with Gasteiger partial charge >= 0.3 is 0 Å². The molecule has 0 aromatic carbocycles. The summed E-state index contributed by atoms with van der Waals surface area (Å²) in [5.74, 6) is 4.53. The summed E-state index contributed by atoms with van der Waals surface area (Å²) in [5, 5.41) is 5.92. The molecule has 0 aromatic heterocycles. The van der Waals surface area contributed by atoms with Crippen LogP contribution in [0.3, 0.4) is 0 Å². The summed E-state index contributed by atoms with van der Waals surface area (Å²) in [6, 6.07) is -0.0706. The summed E-state index contributed by atoms with van der Waals surface area (Å²) in [5.41, 5.74) is 5.42. The van der Waals surface area contributed by atoms with Crippen molar-refractivity contribution < 1.29 is 14.3 Å². The first-order valence-corrected chi connectivity index (χ1v) is 6.58. The number of hydrogen-bond acceptors (Lipinski definition) is 5. The van der Waals surface area contributed by atoms with E-state index in [2.05, 4.69) is 10.4 Å². The fraction of sp³-hybridized carbons (Fsp3) is 0.750. The largest absolute Gasteiger partial charge is 0.384 e. The molecule has 0 bridgehead atoms. The lowest BCUT2D eigenvalue weighted by molar-refractivity contribution is -0.133. The quantitative estimate of drug-likeness (QED) is 0.175. The molecule has 2 amide bonds. The van der Waals surface area contributed by atoms with Crippen LogP contribution >= 0.6 is 0 Å². The number of carbonyl (C=O) groups excluding carboxylic acids is 2. The van der Waals surface area contributed by atoms with Crippen molar-refractivity contribution in [2.75, 3.05) is 20.2 Å². The number of hydrogen-bond donors (Lipinski definition) is 3. The molecule has 114 valence electrons. The van der Waals surface area contributed by atoms with Gasteiger partial charge in [-0.2, -0.15) is 5.10 Å². The average molecular weight is 285 g/mol. The van der Waals surface area contributed by atoms with E-state index in [0.29, 0.717) is 6.54 Å². The van der Waals surface area contributed by atoms with Gasteiger partial charge in [-0.15, -0.1) is 0 Å². The maximum atomic E-state index is 12.1. The van der Waals surface area contributed by atoms with Crippen molar-refractivity contribution in [2.24, 2.45) is 22.6 Å². The van der Waals surface area contributed by atoms with Crippen molar-refractivity contribution in [3.8, 4) is 0 Å². The Bertz CT molecular complexity index is 374. The molecule has 0 aromatic rings. The van der Waals surface area contributed by atoms with E-state index in [1.165, 1.54) is 0 Å². The van der Waals surface area contributed by atoms with Gasteiger partial charge in [0, 0.05) is 13.7 Å². The van der Waals surface area contributed by atoms with Crippen molar-refractivity contribution in [3.05, 3.63) is 0 Å². The fourth-order valence-electron chi connectivity index (χ4n) is 2.53. The zero-order valence-electron chi connectivity index (χ0n) is 11.9. The fourth-order valence-corrected chi connectivity index (χ4v) is 2.53. The Hall–Kier alpha value is -1.83. The lowest BCUT2D eigenvalue weighted by Gasteiger charge is -2.31. The third-order valence-electron chi connectivity index (χ3n) is 3.64. The predicted molar refractivity (Wildman–Crippen MR) is 74.6 cm³/mol. The molecule has 0 saturated carbocycles. The maximum absolute atomic E-state index is 12.1.